The van der Waals surface area contributed by atoms with Crippen molar-refractivity contribution in [2.45, 2.75) is 19.2 Å². The second-order valence-electron chi connectivity index (χ2n) is 3.84. The van der Waals surface area contributed by atoms with E-state index in [2.05, 4.69) is 10.3 Å². The highest BCUT2D eigenvalue weighted by Crippen LogP contribution is 1.96. The number of ether oxygens (including phenoxy) is 2. The number of methoxy groups -OCH3 is 2. The monoisotopic (exact) mass is 242 g/mol. The van der Waals surface area contributed by atoms with E-state index in [4.69, 9.17) is 15.2 Å². The fourth-order valence-corrected chi connectivity index (χ4v) is 1.53. The molecule has 0 bridgehead atoms. The predicted octanol–water partition coefficient (Wildman–Crippen LogP) is -0.407. The lowest BCUT2D eigenvalue weighted by Gasteiger charge is -2.14. The Morgan fingerprint density at radius 1 is 1.53 bits per heavy atom. The average Bonchev–Trinajstić information content (AvgIpc) is 2.76. The molecule has 3 N–H and O–H groups in total. The van der Waals surface area contributed by atoms with E-state index in [0.717, 1.165) is 25.3 Å². The van der Waals surface area contributed by atoms with Gasteiger partial charge in [0.2, 0.25) is 0 Å². The van der Waals surface area contributed by atoms with E-state index in [-0.39, 0.29) is 6.10 Å². The number of hydrogen-bond donors (Lipinski definition) is 2. The molecule has 0 spiro atoms. The summed E-state index contributed by atoms with van der Waals surface area (Å²) in [6, 6.07) is 0. The third kappa shape index (κ3) is 5.27. The molecule has 0 aliphatic carbocycles. The van der Waals surface area contributed by atoms with Gasteiger partial charge in [-0.05, 0) is 0 Å². The molecule has 0 saturated heterocycles. The van der Waals surface area contributed by atoms with Crippen LogP contribution in [0, 0.1) is 0 Å². The van der Waals surface area contributed by atoms with Crippen molar-refractivity contribution in [1.29, 1.82) is 0 Å². The van der Waals surface area contributed by atoms with Crippen molar-refractivity contribution in [3.8, 4) is 0 Å². The summed E-state index contributed by atoms with van der Waals surface area (Å²) in [4.78, 5) is 4.28. The first-order chi connectivity index (χ1) is 8.30. The molecule has 0 radical (unpaired) electrons. The van der Waals surface area contributed by atoms with Crippen LogP contribution in [-0.2, 0) is 22.6 Å². The van der Waals surface area contributed by atoms with E-state index < -0.39 is 0 Å². The lowest BCUT2D eigenvalue weighted by Crippen LogP contribution is -2.31. The number of hydrogen-bond acceptors (Lipinski definition) is 5. The van der Waals surface area contributed by atoms with Gasteiger partial charge >= 0.3 is 0 Å². The molecule has 1 atom stereocenters. The quantitative estimate of drug-likeness (QED) is 0.616. The Morgan fingerprint density at radius 3 is 3.00 bits per heavy atom. The maximum atomic E-state index is 5.47. The van der Waals surface area contributed by atoms with E-state index in [1.54, 1.807) is 20.5 Å². The number of imidazole rings is 1. The molecule has 0 fully saturated rings. The standard InChI is InChI=1S/C11H22N4O2/c1-16-8-11(17-2)6-13-5-10-7-15(4-3-12)9-14-10/h7,9,11,13H,3-6,8,12H2,1-2H3. The van der Waals surface area contributed by atoms with Gasteiger partial charge in [0.15, 0.2) is 0 Å². The molecule has 0 aliphatic rings. The van der Waals surface area contributed by atoms with Crippen LogP contribution in [0.15, 0.2) is 12.5 Å². The fourth-order valence-electron chi connectivity index (χ4n) is 1.53. The van der Waals surface area contributed by atoms with Gasteiger partial charge in [-0.1, -0.05) is 0 Å². The van der Waals surface area contributed by atoms with Crippen LogP contribution in [-0.4, -0.2) is 49.6 Å². The van der Waals surface area contributed by atoms with Crippen LogP contribution in [0.25, 0.3) is 0 Å². The Labute approximate surface area is 102 Å². The number of nitrogens with two attached hydrogens (primary N) is 1. The molecule has 1 aromatic rings. The lowest BCUT2D eigenvalue weighted by atomic mass is 10.3. The number of rotatable bonds is 9. The van der Waals surface area contributed by atoms with Crippen LogP contribution in [0.3, 0.4) is 0 Å². The van der Waals surface area contributed by atoms with Gasteiger partial charge in [0.25, 0.3) is 0 Å². The molecule has 0 aliphatic heterocycles. The third-order valence-corrected chi connectivity index (χ3v) is 2.44. The molecule has 1 rings (SSSR count). The largest absolute Gasteiger partial charge is 0.382 e. The van der Waals surface area contributed by atoms with Gasteiger partial charge in [-0.2, -0.15) is 0 Å². The number of nitrogens with zero attached hydrogens (tertiary/aromatic N) is 2. The molecular weight excluding hydrogens is 220 g/mol. The molecule has 17 heavy (non-hydrogen) atoms. The summed E-state index contributed by atoms with van der Waals surface area (Å²) in [5.74, 6) is 0. The zero-order valence-electron chi connectivity index (χ0n) is 10.6. The summed E-state index contributed by atoms with van der Waals surface area (Å²) in [7, 11) is 3.35. The van der Waals surface area contributed by atoms with Crippen LogP contribution in [0.1, 0.15) is 5.69 Å². The van der Waals surface area contributed by atoms with Gasteiger partial charge in [-0.3, -0.25) is 0 Å². The van der Waals surface area contributed by atoms with Crippen molar-refractivity contribution in [3.63, 3.8) is 0 Å². The second-order valence-corrected chi connectivity index (χ2v) is 3.84. The average molecular weight is 242 g/mol. The van der Waals surface area contributed by atoms with E-state index >= 15 is 0 Å². The van der Waals surface area contributed by atoms with Gasteiger partial charge in [0, 0.05) is 46.6 Å². The van der Waals surface area contributed by atoms with Crippen molar-refractivity contribution < 1.29 is 9.47 Å². The van der Waals surface area contributed by atoms with E-state index in [0.29, 0.717) is 13.2 Å². The van der Waals surface area contributed by atoms with E-state index in [1.165, 1.54) is 0 Å². The normalized spacial score (nSPS) is 12.9. The highest BCUT2D eigenvalue weighted by atomic mass is 16.5. The minimum Gasteiger partial charge on any atom is -0.382 e. The molecule has 0 aromatic carbocycles. The molecule has 1 aromatic heterocycles. The topological polar surface area (TPSA) is 74.3 Å². The van der Waals surface area contributed by atoms with Crippen molar-refractivity contribution in [1.82, 2.24) is 14.9 Å². The maximum absolute atomic E-state index is 5.47. The minimum atomic E-state index is 0.0751. The SMILES string of the molecule is COCC(CNCc1cn(CCN)cn1)OC. The zero-order chi connectivity index (χ0) is 12.5. The Balaban J connectivity index is 2.24. The molecule has 0 amide bonds. The number of aromatic nitrogens is 2. The molecule has 6 nitrogen and oxygen atoms in total. The molecule has 6 heteroatoms. The predicted molar refractivity (Wildman–Crippen MR) is 65.7 cm³/mol. The van der Waals surface area contributed by atoms with Crippen molar-refractivity contribution in [3.05, 3.63) is 18.2 Å². The van der Waals surface area contributed by atoms with Crippen molar-refractivity contribution in [2.24, 2.45) is 5.73 Å². The van der Waals surface area contributed by atoms with Crippen molar-refractivity contribution >= 4 is 0 Å². The zero-order valence-corrected chi connectivity index (χ0v) is 10.6. The van der Waals surface area contributed by atoms with Gasteiger partial charge in [-0.25, -0.2) is 4.98 Å². The first-order valence-corrected chi connectivity index (χ1v) is 5.73. The fraction of sp³-hybridized carbons (Fsp3) is 0.727. The summed E-state index contributed by atoms with van der Waals surface area (Å²) in [5, 5.41) is 3.28. The van der Waals surface area contributed by atoms with Crippen LogP contribution < -0.4 is 11.1 Å². The second kappa shape index (κ2) is 8.19. The molecule has 1 heterocycles. The Bertz CT molecular complexity index is 303. The van der Waals surface area contributed by atoms with Crippen LogP contribution in [0.5, 0.6) is 0 Å². The summed E-state index contributed by atoms with van der Waals surface area (Å²) < 4.78 is 12.3. The Kier molecular flexibility index (Phi) is 6.80. The Morgan fingerprint density at radius 2 is 2.35 bits per heavy atom. The molecular formula is C11H22N4O2. The van der Waals surface area contributed by atoms with Gasteiger partial charge in [0.05, 0.1) is 24.7 Å². The molecule has 0 saturated carbocycles. The smallest absolute Gasteiger partial charge is 0.0950 e. The highest BCUT2D eigenvalue weighted by molar-refractivity contribution is 4.96. The Hall–Kier alpha value is -0.950. The van der Waals surface area contributed by atoms with Crippen LogP contribution in [0.2, 0.25) is 0 Å². The van der Waals surface area contributed by atoms with Gasteiger partial charge in [0.1, 0.15) is 0 Å². The lowest BCUT2D eigenvalue weighted by molar-refractivity contribution is 0.0287. The summed E-state index contributed by atoms with van der Waals surface area (Å²) in [6.07, 6.45) is 3.87. The first-order valence-electron chi connectivity index (χ1n) is 5.73. The van der Waals surface area contributed by atoms with E-state index in [1.807, 2.05) is 10.8 Å². The highest BCUT2D eigenvalue weighted by Gasteiger charge is 2.06. The summed E-state index contributed by atoms with van der Waals surface area (Å²) >= 11 is 0. The van der Waals surface area contributed by atoms with Crippen LogP contribution in [0.4, 0.5) is 0 Å². The summed E-state index contributed by atoms with van der Waals surface area (Å²) in [5.41, 5.74) is 6.47. The first kappa shape index (κ1) is 14.1. The summed E-state index contributed by atoms with van der Waals surface area (Å²) in [6.45, 7) is 3.49. The molecule has 98 valence electrons. The number of nitrogens with one attached hydrogen (secondary N) is 1. The maximum Gasteiger partial charge on any atom is 0.0950 e. The van der Waals surface area contributed by atoms with Gasteiger partial charge < -0.3 is 25.1 Å². The van der Waals surface area contributed by atoms with Gasteiger partial charge in [-0.15, -0.1) is 0 Å². The van der Waals surface area contributed by atoms with Crippen molar-refractivity contribution in [2.75, 3.05) is 33.9 Å². The minimum absolute atomic E-state index is 0.0751. The van der Waals surface area contributed by atoms with E-state index in [9.17, 15) is 0 Å². The third-order valence-electron chi connectivity index (χ3n) is 2.44. The molecule has 1 unspecified atom stereocenters. The van der Waals surface area contributed by atoms with Crippen LogP contribution >= 0.6 is 0 Å².